The predicted molar refractivity (Wildman–Crippen MR) is 58.4 cm³/mol. The molecule has 1 aromatic carbocycles. The third kappa shape index (κ3) is 3.72. The summed E-state index contributed by atoms with van der Waals surface area (Å²) in [5.74, 6) is 3.97. The lowest BCUT2D eigenvalue weighted by molar-refractivity contribution is -0.136. The first-order chi connectivity index (χ1) is 7.13. The summed E-state index contributed by atoms with van der Waals surface area (Å²) in [6.07, 6.45) is -0.324. The highest BCUT2D eigenvalue weighted by Crippen LogP contribution is 2.10. The number of carbonyl (C=O) groups is 1. The first-order valence-electron chi connectivity index (χ1n) is 4.18. The van der Waals surface area contributed by atoms with Crippen LogP contribution in [0, 0.1) is 17.7 Å². The zero-order chi connectivity index (χ0) is 11.3. The van der Waals surface area contributed by atoms with Crippen molar-refractivity contribution in [2.24, 2.45) is 0 Å². The van der Waals surface area contributed by atoms with Crippen molar-refractivity contribution >= 4 is 21.9 Å². The van der Waals surface area contributed by atoms with Gasteiger partial charge in [-0.25, -0.2) is 4.39 Å². The minimum atomic E-state index is -1.06. The van der Waals surface area contributed by atoms with Crippen LogP contribution < -0.4 is 0 Å². The first kappa shape index (κ1) is 11.7. The molecule has 0 amide bonds. The van der Waals surface area contributed by atoms with Gasteiger partial charge < -0.3 is 5.11 Å². The maximum atomic E-state index is 13.1. The van der Waals surface area contributed by atoms with Crippen molar-refractivity contribution in [1.82, 2.24) is 0 Å². The van der Waals surface area contributed by atoms with Crippen LogP contribution in [0.25, 0.3) is 0 Å². The molecular formula is C11H8BrFO2. The van der Waals surface area contributed by atoms with E-state index in [-0.39, 0.29) is 12.0 Å². The summed E-state index contributed by atoms with van der Waals surface area (Å²) in [6, 6.07) is 4.21. The molecule has 1 aromatic rings. The van der Waals surface area contributed by atoms with Crippen LogP contribution in [0.1, 0.15) is 11.1 Å². The van der Waals surface area contributed by atoms with E-state index in [1.54, 1.807) is 0 Å². The van der Waals surface area contributed by atoms with Gasteiger partial charge in [0.2, 0.25) is 0 Å². The highest BCUT2D eigenvalue weighted by atomic mass is 79.9. The first-order valence-corrected chi connectivity index (χ1v) is 5.30. The van der Waals surface area contributed by atoms with Gasteiger partial charge in [-0.3, -0.25) is 4.79 Å². The van der Waals surface area contributed by atoms with Crippen molar-refractivity contribution < 1.29 is 14.3 Å². The normalized spacial score (nSPS) is 9.20. The van der Waals surface area contributed by atoms with Crippen LogP contribution in [0.2, 0.25) is 0 Å². The molecule has 15 heavy (non-hydrogen) atoms. The molecular weight excluding hydrogens is 263 g/mol. The number of alkyl halides is 1. The molecule has 0 aliphatic rings. The van der Waals surface area contributed by atoms with Crippen LogP contribution in [0.4, 0.5) is 4.39 Å². The van der Waals surface area contributed by atoms with Crippen molar-refractivity contribution in [3.63, 3.8) is 0 Å². The van der Waals surface area contributed by atoms with Gasteiger partial charge >= 0.3 is 5.97 Å². The Labute approximate surface area is 95.2 Å². The smallest absolute Gasteiger partial charge is 0.307 e. The number of hydrogen-bond acceptors (Lipinski definition) is 1. The van der Waals surface area contributed by atoms with Gasteiger partial charge in [0.15, 0.2) is 0 Å². The Morgan fingerprint density at radius 1 is 1.53 bits per heavy atom. The summed E-state index contributed by atoms with van der Waals surface area (Å²) in [5.41, 5.74) is 0.774. The third-order valence-corrected chi connectivity index (χ3v) is 1.97. The number of hydrogen-bond donors (Lipinski definition) is 1. The maximum Gasteiger partial charge on any atom is 0.307 e. The number of carboxylic acids is 1. The van der Waals surface area contributed by atoms with E-state index in [0.717, 1.165) is 0 Å². The fourth-order valence-corrected chi connectivity index (χ4v) is 1.23. The fourth-order valence-electron chi connectivity index (χ4n) is 1.09. The molecule has 0 aliphatic carbocycles. The zero-order valence-corrected chi connectivity index (χ0v) is 9.34. The van der Waals surface area contributed by atoms with Gasteiger partial charge in [0.1, 0.15) is 5.82 Å². The van der Waals surface area contributed by atoms with Gasteiger partial charge in [-0.05, 0) is 18.2 Å². The third-order valence-electron chi connectivity index (χ3n) is 1.69. The Kier molecular flexibility index (Phi) is 4.32. The Bertz CT molecular complexity index is 432. The van der Waals surface area contributed by atoms with E-state index in [0.29, 0.717) is 10.9 Å². The lowest BCUT2D eigenvalue weighted by atomic mass is 10.1. The summed E-state index contributed by atoms with van der Waals surface area (Å²) in [5, 5.41) is 9.07. The van der Waals surface area contributed by atoms with E-state index in [9.17, 15) is 9.18 Å². The molecule has 0 saturated heterocycles. The number of carboxylic acid groups (broad SMARTS) is 1. The summed E-state index contributed by atoms with van der Waals surface area (Å²) < 4.78 is 13.1. The second-order valence-corrected chi connectivity index (χ2v) is 3.37. The van der Waals surface area contributed by atoms with E-state index >= 15 is 0 Å². The molecule has 0 unspecified atom stereocenters. The van der Waals surface area contributed by atoms with Crippen molar-refractivity contribution in [1.29, 1.82) is 0 Å². The van der Waals surface area contributed by atoms with Crippen LogP contribution in [-0.4, -0.2) is 16.4 Å². The van der Waals surface area contributed by atoms with Crippen LogP contribution in [0.15, 0.2) is 18.2 Å². The monoisotopic (exact) mass is 270 g/mol. The maximum absolute atomic E-state index is 13.1. The van der Waals surface area contributed by atoms with E-state index in [1.807, 2.05) is 0 Å². The Morgan fingerprint density at radius 3 is 2.87 bits per heavy atom. The van der Waals surface area contributed by atoms with Crippen LogP contribution in [-0.2, 0) is 11.2 Å². The molecule has 0 aliphatic heterocycles. The Balaban J connectivity index is 2.99. The molecule has 0 saturated carbocycles. The molecule has 0 radical (unpaired) electrons. The van der Waals surface area contributed by atoms with E-state index in [1.165, 1.54) is 18.2 Å². The summed E-state index contributed by atoms with van der Waals surface area (Å²) >= 11 is 3.14. The quantitative estimate of drug-likeness (QED) is 0.661. The zero-order valence-electron chi connectivity index (χ0n) is 7.76. The van der Waals surface area contributed by atoms with Crippen molar-refractivity contribution in [2.45, 2.75) is 6.42 Å². The van der Waals surface area contributed by atoms with Crippen molar-refractivity contribution in [2.75, 3.05) is 5.33 Å². The average Bonchev–Trinajstić information content (AvgIpc) is 2.18. The number of aliphatic carboxylic acids is 1. The predicted octanol–water partition coefficient (Wildman–Crippen LogP) is 2.20. The second kappa shape index (κ2) is 5.52. The number of benzene rings is 1. The van der Waals surface area contributed by atoms with Crippen molar-refractivity contribution in [3.05, 3.63) is 35.1 Å². The minimum Gasteiger partial charge on any atom is -0.481 e. The highest BCUT2D eigenvalue weighted by Gasteiger charge is 2.06. The van der Waals surface area contributed by atoms with Crippen LogP contribution in [0.5, 0.6) is 0 Å². The molecule has 0 spiro atoms. The molecule has 1 rings (SSSR count). The highest BCUT2D eigenvalue weighted by molar-refractivity contribution is 9.09. The molecule has 78 valence electrons. The standard InChI is InChI=1S/C11H8BrFO2/c12-5-1-2-8-3-4-10(13)9(6-8)7-11(14)15/h3-4,6H,5,7H2,(H,14,15). The van der Waals surface area contributed by atoms with E-state index in [4.69, 9.17) is 5.11 Å². The van der Waals surface area contributed by atoms with Crippen LogP contribution in [0.3, 0.4) is 0 Å². The van der Waals surface area contributed by atoms with Crippen molar-refractivity contribution in [3.8, 4) is 11.8 Å². The van der Waals surface area contributed by atoms with Gasteiger partial charge in [-0.15, -0.1) is 0 Å². The average molecular weight is 271 g/mol. The molecule has 2 nitrogen and oxygen atoms in total. The summed E-state index contributed by atoms with van der Waals surface area (Å²) in [4.78, 5) is 10.4. The van der Waals surface area contributed by atoms with E-state index in [2.05, 4.69) is 27.8 Å². The minimum absolute atomic E-state index is 0.156. The topological polar surface area (TPSA) is 37.3 Å². The summed E-state index contributed by atoms with van der Waals surface area (Å²) in [6.45, 7) is 0. The van der Waals surface area contributed by atoms with Gasteiger partial charge in [-0.1, -0.05) is 27.8 Å². The van der Waals surface area contributed by atoms with Gasteiger partial charge in [0.25, 0.3) is 0 Å². The largest absolute Gasteiger partial charge is 0.481 e. The lowest BCUT2D eigenvalue weighted by Crippen LogP contribution is -2.02. The Hall–Kier alpha value is -1.34. The molecule has 1 N–H and O–H groups in total. The van der Waals surface area contributed by atoms with E-state index < -0.39 is 11.8 Å². The number of halogens is 2. The molecule has 0 aromatic heterocycles. The molecule has 4 heteroatoms. The SMILES string of the molecule is O=C(O)Cc1cc(C#CCBr)ccc1F. The molecule has 0 atom stereocenters. The fraction of sp³-hybridized carbons (Fsp3) is 0.182. The lowest BCUT2D eigenvalue weighted by Gasteiger charge is -2.00. The van der Waals surface area contributed by atoms with Crippen LogP contribution >= 0.6 is 15.9 Å². The molecule has 0 heterocycles. The van der Waals surface area contributed by atoms with Gasteiger partial charge in [0.05, 0.1) is 11.8 Å². The van der Waals surface area contributed by atoms with Gasteiger partial charge in [-0.2, -0.15) is 0 Å². The van der Waals surface area contributed by atoms with Gasteiger partial charge in [0, 0.05) is 11.1 Å². The molecule has 0 fully saturated rings. The summed E-state index contributed by atoms with van der Waals surface area (Å²) in [7, 11) is 0. The Morgan fingerprint density at radius 2 is 2.27 bits per heavy atom. The number of rotatable bonds is 2. The second-order valence-electron chi connectivity index (χ2n) is 2.81. The molecule has 0 bridgehead atoms.